The van der Waals surface area contributed by atoms with Crippen LogP contribution in [0.2, 0.25) is 0 Å². The second kappa shape index (κ2) is 7.01. The highest BCUT2D eigenvalue weighted by atomic mass is 16.4. The molecule has 0 aliphatic carbocycles. The Kier molecular flexibility index (Phi) is 4.77. The van der Waals surface area contributed by atoms with Crippen LogP contribution in [-0.2, 0) is 4.79 Å². The molecule has 3 aromatic rings. The molecule has 2 unspecified atom stereocenters. The molecular formula is C23H21NO2. The smallest absolute Gasteiger partial charge is 0.325 e. The summed E-state index contributed by atoms with van der Waals surface area (Å²) in [5.74, 6) is -1.64. The molecule has 0 saturated carbocycles. The van der Waals surface area contributed by atoms with Gasteiger partial charge in [0.15, 0.2) is 5.41 Å². The highest BCUT2D eigenvalue weighted by molar-refractivity contribution is 5.89. The van der Waals surface area contributed by atoms with Crippen LogP contribution >= 0.6 is 0 Å². The average molecular weight is 343 g/mol. The molecule has 0 radical (unpaired) electrons. The molecule has 0 bridgehead atoms. The number of aryl methyl sites for hydroxylation is 1. The van der Waals surface area contributed by atoms with E-state index in [1.54, 1.807) is 6.92 Å². The lowest BCUT2D eigenvalue weighted by Crippen LogP contribution is -2.36. The number of aliphatic carboxylic acids is 1. The molecule has 3 heteroatoms. The van der Waals surface area contributed by atoms with Crippen LogP contribution < -0.4 is 0 Å². The largest absolute Gasteiger partial charge is 0.480 e. The Balaban J connectivity index is 2.36. The molecule has 0 saturated heterocycles. The van der Waals surface area contributed by atoms with Crippen LogP contribution in [0.1, 0.15) is 36.0 Å². The minimum absolute atomic E-state index is 0.223. The first-order chi connectivity index (χ1) is 12.5. The lowest BCUT2D eigenvalue weighted by molar-refractivity contribution is -0.146. The lowest BCUT2D eigenvalue weighted by atomic mass is 9.67. The minimum atomic E-state index is -1.53. The van der Waals surface area contributed by atoms with E-state index in [0.717, 1.165) is 27.5 Å². The van der Waals surface area contributed by atoms with Crippen LogP contribution in [0.5, 0.6) is 0 Å². The third-order valence-corrected chi connectivity index (χ3v) is 5.18. The normalized spacial score (nSPS) is 14.3. The molecule has 3 nitrogen and oxygen atoms in total. The monoisotopic (exact) mass is 343 g/mol. The minimum Gasteiger partial charge on any atom is -0.480 e. The maximum atomic E-state index is 12.3. The van der Waals surface area contributed by atoms with Gasteiger partial charge in [0, 0.05) is 5.92 Å². The third kappa shape index (κ3) is 2.84. The van der Waals surface area contributed by atoms with Crippen LogP contribution in [0.3, 0.4) is 0 Å². The molecular weight excluding hydrogens is 322 g/mol. The van der Waals surface area contributed by atoms with Crippen molar-refractivity contribution in [2.45, 2.75) is 26.2 Å². The van der Waals surface area contributed by atoms with Gasteiger partial charge >= 0.3 is 5.97 Å². The van der Waals surface area contributed by atoms with Gasteiger partial charge in [-0.15, -0.1) is 0 Å². The van der Waals surface area contributed by atoms with Gasteiger partial charge in [-0.25, -0.2) is 0 Å². The Bertz CT molecular complexity index is 980. The second-order valence-electron chi connectivity index (χ2n) is 6.65. The summed E-state index contributed by atoms with van der Waals surface area (Å²) in [4.78, 5) is 12.3. The first-order valence-electron chi connectivity index (χ1n) is 8.72. The van der Waals surface area contributed by atoms with Crippen molar-refractivity contribution in [1.29, 1.82) is 5.26 Å². The SMILES string of the molecule is CCC(C#N)(C(=O)O)C(c1ccc(C)cc1)c1cccc2ccccc12. The summed E-state index contributed by atoms with van der Waals surface area (Å²) in [6.07, 6.45) is 0.223. The fraction of sp³-hybridized carbons (Fsp3) is 0.217. The average Bonchev–Trinajstić information content (AvgIpc) is 2.67. The Morgan fingerprint density at radius 3 is 2.35 bits per heavy atom. The zero-order valence-corrected chi connectivity index (χ0v) is 14.9. The van der Waals surface area contributed by atoms with Crippen LogP contribution in [-0.4, -0.2) is 11.1 Å². The van der Waals surface area contributed by atoms with Gasteiger partial charge < -0.3 is 5.11 Å². The summed E-state index contributed by atoms with van der Waals surface area (Å²) in [5, 5.41) is 22.0. The topological polar surface area (TPSA) is 61.1 Å². The number of fused-ring (bicyclic) bond motifs is 1. The van der Waals surface area contributed by atoms with Gasteiger partial charge in [-0.1, -0.05) is 79.2 Å². The molecule has 0 spiro atoms. The summed E-state index contributed by atoms with van der Waals surface area (Å²) in [6.45, 7) is 3.76. The highest BCUT2D eigenvalue weighted by Gasteiger charge is 2.47. The molecule has 0 aromatic heterocycles. The van der Waals surface area contributed by atoms with Crippen LogP contribution in [0, 0.1) is 23.7 Å². The van der Waals surface area contributed by atoms with E-state index in [0.29, 0.717) is 0 Å². The molecule has 3 aromatic carbocycles. The maximum Gasteiger partial charge on any atom is 0.325 e. The predicted octanol–water partition coefficient (Wildman–Crippen LogP) is 5.28. The molecule has 0 amide bonds. The van der Waals surface area contributed by atoms with Gasteiger partial charge in [-0.2, -0.15) is 5.26 Å². The van der Waals surface area contributed by atoms with Gasteiger partial charge in [0.2, 0.25) is 0 Å². The summed E-state index contributed by atoms with van der Waals surface area (Å²) in [5.41, 5.74) is 1.29. The van der Waals surface area contributed by atoms with Gasteiger partial charge in [0.05, 0.1) is 6.07 Å². The number of nitrogens with zero attached hydrogens (tertiary/aromatic N) is 1. The quantitative estimate of drug-likeness (QED) is 0.685. The Morgan fingerprint density at radius 2 is 1.73 bits per heavy atom. The first kappa shape index (κ1) is 17.7. The second-order valence-corrected chi connectivity index (χ2v) is 6.65. The molecule has 0 aliphatic rings. The molecule has 0 fully saturated rings. The summed E-state index contributed by atoms with van der Waals surface area (Å²) >= 11 is 0. The van der Waals surface area contributed by atoms with Crippen molar-refractivity contribution in [2.24, 2.45) is 5.41 Å². The van der Waals surface area contributed by atoms with E-state index in [1.165, 1.54) is 0 Å². The molecule has 2 atom stereocenters. The number of carboxylic acids is 1. The van der Waals surface area contributed by atoms with Crippen molar-refractivity contribution in [3.63, 3.8) is 0 Å². The van der Waals surface area contributed by atoms with E-state index in [9.17, 15) is 15.2 Å². The maximum absolute atomic E-state index is 12.3. The standard InChI is InChI=1S/C23H21NO2/c1-3-23(15-24,22(25)26)21(18-13-11-16(2)12-14-18)20-10-6-8-17-7-4-5-9-19(17)20/h4-14,21H,3H2,1-2H3,(H,25,26). The van der Waals surface area contributed by atoms with Gasteiger partial charge in [-0.05, 0) is 35.2 Å². The van der Waals surface area contributed by atoms with Crippen LogP contribution in [0.15, 0.2) is 66.7 Å². The number of hydrogen-bond donors (Lipinski definition) is 1. The summed E-state index contributed by atoms with van der Waals surface area (Å²) in [7, 11) is 0. The van der Waals surface area contributed by atoms with Gasteiger partial charge in [0.1, 0.15) is 0 Å². The van der Waals surface area contributed by atoms with E-state index < -0.39 is 17.3 Å². The van der Waals surface area contributed by atoms with Crippen molar-refractivity contribution in [3.05, 3.63) is 83.4 Å². The number of nitriles is 1. The Hall–Kier alpha value is -3.12. The molecule has 130 valence electrons. The van der Waals surface area contributed by atoms with E-state index in [1.807, 2.05) is 73.7 Å². The fourth-order valence-corrected chi connectivity index (χ4v) is 3.66. The van der Waals surface area contributed by atoms with Crippen molar-refractivity contribution in [3.8, 4) is 6.07 Å². The van der Waals surface area contributed by atoms with E-state index in [2.05, 4.69) is 6.07 Å². The highest BCUT2D eigenvalue weighted by Crippen LogP contribution is 2.45. The lowest BCUT2D eigenvalue weighted by Gasteiger charge is -2.32. The third-order valence-electron chi connectivity index (χ3n) is 5.18. The Morgan fingerprint density at radius 1 is 1.08 bits per heavy atom. The molecule has 3 rings (SSSR count). The zero-order valence-electron chi connectivity index (χ0n) is 14.9. The number of rotatable bonds is 5. The van der Waals surface area contributed by atoms with E-state index in [4.69, 9.17) is 0 Å². The van der Waals surface area contributed by atoms with Gasteiger partial charge in [0.25, 0.3) is 0 Å². The van der Waals surface area contributed by atoms with Crippen LogP contribution in [0.25, 0.3) is 10.8 Å². The number of benzene rings is 3. The molecule has 0 heterocycles. The van der Waals surface area contributed by atoms with Gasteiger partial charge in [-0.3, -0.25) is 4.79 Å². The van der Waals surface area contributed by atoms with Crippen molar-refractivity contribution in [2.75, 3.05) is 0 Å². The first-order valence-corrected chi connectivity index (χ1v) is 8.72. The van der Waals surface area contributed by atoms with Crippen molar-refractivity contribution >= 4 is 16.7 Å². The van der Waals surface area contributed by atoms with Crippen molar-refractivity contribution < 1.29 is 9.90 Å². The van der Waals surface area contributed by atoms with Crippen LogP contribution in [0.4, 0.5) is 0 Å². The number of carbonyl (C=O) groups is 1. The fourth-order valence-electron chi connectivity index (χ4n) is 3.66. The number of hydrogen-bond acceptors (Lipinski definition) is 2. The molecule has 0 aliphatic heterocycles. The van der Waals surface area contributed by atoms with Crippen molar-refractivity contribution in [1.82, 2.24) is 0 Å². The molecule has 26 heavy (non-hydrogen) atoms. The number of carboxylic acid groups (broad SMARTS) is 1. The predicted molar refractivity (Wildman–Crippen MR) is 103 cm³/mol. The van der Waals surface area contributed by atoms with E-state index in [-0.39, 0.29) is 6.42 Å². The molecule has 1 N–H and O–H groups in total. The zero-order chi connectivity index (χ0) is 18.7. The van der Waals surface area contributed by atoms with E-state index >= 15 is 0 Å². The Labute approximate surface area is 153 Å². The summed E-state index contributed by atoms with van der Waals surface area (Å²) < 4.78 is 0. The summed E-state index contributed by atoms with van der Waals surface area (Å²) in [6, 6.07) is 23.7.